The van der Waals surface area contributed by atoms with Crippen molar-refractivity contribution in [2.24, 2.45) is 0 Å². The highest BCUT2D eigenvalue weighted by Crippen LogP contribution is 2.37. The molecule has 2 N–H and O–H groups in total. The Morgan fingerprint density at radius 3 is 2.77 bits per heavy atom. The minimum atomic E-state index is -0.191. The Balaban J connectivity index is 1.57. The first-order chi connectivity index (χ1) is 14.6. The zero-order valence-electron chi connectivity index (χ0n) is 17.4. The van der Waals surface area contributed by atoms with Gasteiger partial charge in [-0.15, -0.1) is 10.2 Å². The number of aryl methyl sites for hydroxylation is 1. The van der Waals surface area contributed by atoms with Crippen LogP contribution in [0.15, 0.2) is 40.9 Å². The molecule has 30 heavy (non-hydrogen) atoms. The fourth-order valence-corrected chi connectivity index (χ4v) is 4.08. The average Bonchev–Trinajstić information content (AvgIpc) is 3.39. The Labute approximate surface area is 174 Å². The summed E-state index contributed by atoms with van der Waals surface area (Å²) in [5.74, 6) is 1.37. The lowest BCUT2D eigenvalue weighted by atomic mass is 9.95. The number of benzene rings is 1. The molecule has 0 radical (unpaired) electrons. The molecule has 154 valence electrons. The van der Waals surface area contributed by atoms with Gasteiger partial charge in [0, 0.05) is 47.0 Å². The summed E-state index contributed by atoms with van der Waals surface area (Å²) in [5, 5.41) is 13.0. The Bertz CT molecular complexity index is 1190. The largest absolute Gasteiger partial charge is 0.418 e. The molecular formula is C23H25N5O2. The topological polar surface area (TPSA) is 88.9 Å². The number of hydrogen-bond donors (Lipinski definition) is 2. The second-order valence-corrected chi connectivity index (χ2v) is 8.02. The first kappa shape index (κ1) is 19.0. The highest BCUT2D eigenvalue weighted by molar-refractivity contribution is 5.93. The molecule has 0 aliphatic carbocycles. The minimum Gasteiger partial charge on any atom is -0.418 e. The second-order valence-electron chi connectivity index (χ2n) is 8.02. The normalized spacial score (nSPS) is 17.1. The molecule has 7 heteroatoms. The van der Waals surface area contributed by atoms with Crippen molar-refractivity contribution in [1.82, 2.24) is 25.5 Å². The van der Waals surface area contributed by atoms with Crippen molar-refractivity contribution >= 4 is 10.9 Å². The number of hydrogen-bond acceptors (Lipinski definition) is 6. The van der Waals surface area contributed by atoms with Gasteiger partial charge in [0.15, 0.2) is 0 Å². The van der Waals surface area contributed by atoms with Crippen LogP contribution in [0.5, 0.6) is 0 Å². The number of H-pyrrole nitrogens is 1. The van der Waals surface area contributed by atoms with E-state index in [-0.39, 0.29) is 6.10 Å². The molecule has 1 aliphatic heterocycles. The first-order valence-corrected chi connectivity index (χ1v) is 10.3. The highest BCUT2D eigenvalue weighted by Gasteiger charge is 2.23. The fraction of sp³-hybridized carbons (Fsp3) is 0.348. The van der Waals surface area contributed by atoms with E-state index in [4.69, 9.17) is 9.15 Å². The number of morpholine rings is 1. The summed E-state index contributed by atoms with van der Waals surface area (Å²) < 4.78 is 11.7. The van der Waals surface area contributed by atoms with E-state index in [2.05, 4.69) is 57.5 Å². The monoisotopic (exact) mass is 403 g/mol. The zero-order chi connectivity index (χ0) is 20.7. The van der Waals surface area contributed by atoms with Crippen LogP contribution in [0.4, 0.5) is 0 Å². The molecule has 3 aromatic heterocycles. The van der Waals surface area contributed by atoms with Gasteiger partial charge in [-0.3, -0.25) is 4.98 Å². The lowest BCUT2D eigenvalue weighted by molar-refractivity contribution is 0.0111. The summed E-state index contributed by atoms with van der Waals surface area (Å²) in [6.45, 7) is 8.62. The van der Waals surface area contributed by atoms with E-state index in [9.17, 15) is 0 Å². The number of fused-ring (bicyclic) bond motifs is 1. The average molecular weight is 403 g/mol. The van der Waals surface area contributed by atoms with E-state index in [0.29, 0.717) is 30.9 Å². The molecule has 4 aromatic rings. The highest BCUT2D eigenvalue weighted by atomic mass is 16.5. The third-order valence-corrected chi connectivity index (χ3v) is 5.49. The third kappa shape index (κ3) is 3.40. The fourth-order valence-electron chi connectivity index (χ4n) is 4.08. The van der Waals surface area contributed by atoms with E-state index in [1.54, 1.807) is 0 Å². The van der Waals surface area contributed by atoms with Gasteiger partial charge in [0.1, 0.15) is 6.10 Å². The number of aromatic amines is 1. The molecular weight excluding hydrogens is 378 g/mol. The summed E-state index contributed by atoms with van der Waals surface area (Å²) in [4.78, 5) is 7.93. The van der Waals surface area contributed by atoms with Crippen LogP contribution in [0.3, 0.4) is 0 Å². The predicted molar refractivity (Wildman–Crippen MR) is 115 cm³/mol. The summed E-state index contributed by atoms with van der Waals surface area (Å²) in [7, 11) is 0. The summed E-state index contributed by atoms with van der Waals surface area (Å²) in [5.41, 5.74) is 6.55. The maximum absolute atomic E-state index is 5.96. The molecule has 1 aliphatic rings. The van der Waals surface area contributed by atoms with Crippen molar-refractivity contribution in [3.8, 4) is 22.7 Å². The van der Waals surface area contributed by atoms with Crippen LogP contribution < -0.4 is 5.32 Å². The Morgan fingerprint density at radius 1 is 1.10 bits per heavy atom. The van der Waals surface area contributed by atoms with E-state index in [0.717, 1.165) is 34.6 Å². The van der Waals surface area contributed by atoms with Gasteiger partial charge in [-0.2, -0.15) is 0 Å². The summed E-state index contributed by atoms with van der Waals surface area (Å²) in [6.07, 6.45) is 1.66. The van der Waals surface area contributed by atoms with Crippen molar-refractivity contribution in [2.45, 2.75) is 32.8 Å². The van der Waals surface area contributed by atoms with Crippen molar-refractivity contribution in [3.63, 3.8) is 0 Å². The van der Waals surface area contributed by atoms with Crippen molar-refractivity contribution < 1.29 is 9.15 Å². The van der Waals surface area contributed by atoms with Gasteiger partial charge >= 0.3 is 0 Å². The third-order valence-electron chi connectivity index (χ3n) is 5.49. The number of nitrogens with zero attached hydrogens (tertiary/aromatic N) is 3. The van der Waals surface area contributed by atoms with Crippen LogP contribution in [-0.4, -0.2) is 39.9 Å². The molecule has 5 rings (SSSR count). The van der Waals surface area contributed by atoms with Crippen LogP contribution >= 0.6 is 0 Å². The molecule has 0 saturated carbocycles. The molecule has 1 atom stereocenters. The maximum Gasteiger partial charge on any atom is 0.247 e. The number of nitrogens with one attached hydrogen (secondary N) is 2. The van der Waals surface area contributed by atoms with Crippen molar-refractivity contribution in [1.29, 1.82) is 0 Å². The van der Waals surface area contributed by atoms with Gasteiger partial charge in [-0.25, -0.2) is 0 Å². The molecule has 1 fully saturated rings. The maximum atomic E-state index is 5.96. The predicted octanol–water partition coefficient (Wildman–Crippen LogP) is 4.37. The van der Waals surface area contributed by atoms with Crippen LogP contribution in [0.1, 0.15) is 43.0 Å². The van der Waals surface area contributed by atoms with Crippen molar-refractivity contribution in [3.05, 3.63) is 53.7 Å². The van der Waals surface area contributed by atoms with E-state index in [1.165, 1.54) is 10.9 Å². The van der Waals surface area contributed by atoms with Crippen LogP contribution in [0.25, 0.3) is 33.6 Å². The number of ether oxygens (including phenoxy) is 1. The molecule has 4 heterocycles. The lowest BCUT2D eigenvalue weighted by Crippen LogP contribution is -2.33. The van der Waals surface area contributed by atoms with Gasteiger partial charge in [0.25, 0.3) is 0 Å². The van der Waals surface area contributed by atoms with Crippen LogP contribution in [-0.2, 0) is 4.74 Å². The Kier molecular flexibility index (Phi) is 4.84. The summed E-state index contributed by atoms with van der Waals surface area (Å²) in [6, 6.07) is 10.4. The quantitative estimate of drug-likeness (QED) is 0.526. The van der Waals surface area contributed by atoms with Crippen LogP contribution in [0, 0.1) is 6.92 Å². The zero-order valence-corrected chi connectivity index (χ0v) is 17.4. The molecule has 1 unspecified atom stereocenters. The van der Waals surface area contributed by atoms with Crippen molar-refractivity contribution in [2.75, 3.05) is 19.7 Å². The molecule has 1 saturated heterocycles. The number of pyridine rings is 1. The minimum absolute atomic E-state index is 0.191. The van der Waals surface area contributed by atoms with Gasteiger partial charge < -0.3 is 19.5 Å². The van der Waals surface area contributed by atoms with E-state index >= 15 is 0 Å². The Morgan fingerprint density at radius 2 is 2.00 bits per heavy atom. The number of rotatable bonds is 4. The summed E-state index contributed by atoms with van der Waals surface area (Å²) >= 11 is 0. The standard InChI is InChI=1S/C23H25N5O2/c1-13(2)20-17-11-16(22-27-28-23(30-22)19-12-24-8-9-29-19)4-5-18(17)26-21(20)15-6-7-25-14(3)10-15/h4-7,10-11,13,19,24,26H,8-9,12H2,1-3H3. The first-order valence-electron chi connectivity index (χ1n) is 10.3. The number of aromatic nitrogens is 4. The molecule has 0 amide bonds. The Hall–Kier alpha value is -3.03. The lowest BCUT2D eigenvalue weighted by Gasteiger charge is -2.20. The SMILES string of the molecule is Cc1cc(-c2[nH]c3ccc(-c4nnc(C5CNCCO5)o4)cc3c2C(C)C)ccn1. The van der Waals surface area contributed by atoms with E-state index in [1.807, 2.05) is 25.3 Å². The molecule has 7 nitrogen and oxygen atoms in total. The van der Waals surface area contributed by atoms with Gasteiger partial charge in [-0.05, 0) is 48.7 Å². The smallest absolute Gasteiger partial charge is 0.247 e. The van der Waals surface area contributed by atoms with Gasteiger partial charge in [-0.1, -0.05) is 13.8 Å². The van der Waals surface area contributed by atoms with E-state index < -0.39 is 0 Å². The second kappa shape index (κ2) is 7.66. The molecule has 0 bridgehead atoms. The van der Waals surface area contributed by atoms with Gasteiger partial charge in [0.2, 0.25) is 11.8 Å². The molecule has 0 spiro atoms. The molecule has 1 aromatic carbocycles. The van der Waals surface area contributed by atoms with Gasteiger partial charge in [0.05, 0.1) is 12.3 Å². The van der Waals surface area contributed by atoms with Crippen LogP contribution in [0.2, 0.25) is 0 Å².